The molecule has 80 valence electrons. The van der Waals surface area contributed by atoms with E-state index in [2.05, 4.69) is 0 Å². The zero-order chi connectivity index (χ0) is 9.60. The van der Waals surface area contributed by atoms with Crippen LogP contribution < -0.4 is 5.73 Å². The average Bonchev–Trinajstić information content (AvgIpc) is 2.75. The maximum absolute atomic E-state index is 6.35. The molecule has 3 aliphatic rings. The summed E-state index contributed by atoms with van der Waals surface area (Å²) in [5.41, 5.74) is 6.51. The molecule has 1 heterocycles. The molecule has 0 aromatic carbocycles. The van der Waals surface area contributed by atoms with E-state index in [1.807, 2.05) is 0 Å². The SMILES string of the molecule is NC1CC2(CCCC2)OC2CCCC12. The highest BCUT2D eigenvalue weighted by atomic mass is 16.5. The predicted molar refractivity (Wildman–Crippen MR) is 56.0 cm³/mol. The van der Waals surface area contributed by atoms with Crippen LogP contribution in [0, 0.1) is 5.92 Å². The van der Waals surface area contributed by atoms with Gasteiger partial charge in [-0.1, -0.05) is 19.3 Å². The molecule has 14 heavy (non-hydrogen) atoms. The van der Waals surface area contributed by atoms with Gasteiger partial charge in [0.1, 0.15) is 0 Å². The van der Waals surface area contributed by atoms with Crippen LogP contribution in [-0.2, 0) is 4.74 Å². The fraction of sp³-hybridized carbons (Fsp3) is 1.00. The first-order valence-electron chi connectivity index (χ1n) is 6.23. The van der Waals surface area contributed by atoms with Crippen molar-refractivity contribution in [3.8, 4) is 0 Å². The van der Waals surface area contributed by atoms with Crippen LogP contribution in [0.15, 0.2) is 0 Å². The molecule has 0 bridgehead atoms. The van der Waals surface area contributed by atoms with Crippen LogP contribution in [-0.4, -0.2) is 17.7 Å². The van der Waals surface area contributed by atoms with Gasteiger partial charge in [-0.15, -0.1) is 0 Å². The second-order valence-corrected chi connectivity index (χ2v) is 5.51. The van der Waals surface area contributed by atoms with Gasteiger partial charge in [-0.3, -0.25) is 0 Å². The quantitative estimate of drug-likeness (QED) is 0.643. The first kappa shape index (κ1) is 9.17. The lowest BCUT2D eigenvalue weighted by Crippen LogP contribution is -2.51. The Balaban J connectivity index is 1.79. The number of ether oxygens (including phenoxy) is 1. The lowest BCUT2D eigenvalue weighted by molar-refractivity contribution is -0.146. The summed E-state index contributed by atoms with van der Waals surface area (Å²) in [6, 6.07) is 0.425. The Kier molecular flexibility index (Phi) is 2.10. The average molecular weight is 195 g/mol. The molecule has 2 saturated carbocycles. The molecule has 1 aliphatic heterocycles. The van der Waals surface area contributed by atoms with E-state index in [1.165, 1.54) is 44.9 Å². The van der Waals surface area contributed by atoms with Gasteiger partial charge in [-0.05, 0) is 32.1 Å². The van der Waals surface area contributed by atoms with Crippen LogP contribution in [0.3, 0.4) is 0 Å². The molecule has 0 radical (unpaired) electrons. The van der Waals surface area contributed by atoms with Crippen molar-refractivity contribution in [2.45, 2.75) is 69.1 Å². The van der Waals surface area contributed by atoms with Gasteiger partial charge in [0.2, 0.25) is 0 Å². The van der Waals surface area contributed by atoms with Crippen molar-refractivity contribution < 1.29 is 4.74 Å². The monoisotopic (exact) mass is 195 g/mol. The third-order valence-electron chi connectivity index (χ3n) is 4.58. The van der Waals surface area contributed by atoms with E-state index in [1.54, 1.807) is 0 Å². The smallest absolute Gasteiger partial charge is 0.0701 e. The van der Waals surface area contributed by atoms with Crippen LogP contribution in [0.2, 0.25) is 0 Å². The zero-order valence-corrected chi connectivity index (χ0v) is 8.87. The van der Waals surface area contributed by atoms with Gasteiger partial charge >= 0.3 is 0 Å². The molecule has 2 N–H and O–H groups in total. The van der Waals surface area contributed by atoms with Crippen molar-refractivity contribution >= 4 is 0 Å². The topological polar surface area (TPSA) is 35.2 Å². The van der Waals surface area contributed by atoms with Gasteiger partial charge in [-0.2, -0.15) is 0 Å². The van der Waals surface area contributed by atoms with Crippen LogP contribution in [0.4, 0.5) is 0 Å². The van der Waals surface area contributed by atoms with E-state index in [0.717, 1.165) is 6.42 Å². The van der Waals surface area contributed by atoms with Gasteiger partial charge in [0, 0.05) is 12.0 Å². The van der Waals surface area contributed by atoms with E-state index in [4.69, 9.17) is 10.5 Å². The zero-order valence-electron chi connectivity index (χ0n) is 8.87. The molecule has 0 aromatic rings. The molecule has 1 spiro atoms. The molecule has 1 saturated heterocycles. The molecule has 3 atom stereocenters. The fourth-order valence-corrected chi connectivity index (χ4v) is 3.88. The Morgan fingerprint density at radius 2 is 1.86 bits per heavy atom. The van der Waals surface area contributed by atoms with Crippen molar-refractivity contribution in [3.63, 3.8) is 0 Å². The van der Waals surface area contributed by atoms with Crippen molar-refractivity contribution in [1.82, 2.24) is 0 Å². The van der Waals surface area contributed by atoms with Crippen molar-refractivity contribution in [1.29, 1.82) is 0 Å². The molecule has 2 heteroatoms. The summed E-state index contributed by atoms with van der Waals surface area (Å²) >= 11 is 0. The lowest BCUT2D eigenvalue weighted by atomic mass is 9.81. The molecule has 2 aliphatic carbocycles. The molecular weight excluding hydrogens is 174 g/mol. The Bertz CT molecular complexity index is 222. The highest BCUT2D eigenvalue weighted by Crippen LogP contribution is 2.47. The van der Waals surface area contributed by atoms with Gasteiger partial charge in [0.05, 0.1) is 11.7 Å². The molecule has 3 rings (SSSR count). The maximum atomic E-state index is 6.35. The summed E-state index contributed by atoms with van der Waals surface area (Å²) in [4.78, 5) is 0. The summed E-state index contributed by atoms with van der Waals surface area (Å²) in [5, 5.41) is 0. The van der Waals surface area contributed by atoms with E-state index in [9.17, 15) is 0 Å². The van der Waals surface area contributed by atoms with E-state index in [0.29, 0.717) is 18.1 Å². The van der Waals surface area contributed by atoms with Crippen molar-refractivity contribution in [2.24, 2.45) is 11.7 Å². The normalized spacial score (nSPS) is 45.6. The number of hydrogen-bond donors (Lipinski definition) is 1. The van der Waals surface area contributed by atoms with Gasteiger partial charge in [-0.25, -0.2) is 0 Å². The number of hydrogen-bond acceptors (Lipinski definition) is 2. The number of fused-ring (bicyclic) bond motifs is 1. The summed E-state index contributed by atoms with van der Waals surface area (Å²) in [6.45, 7) is 0. The molecule has 2 nitrogen and oxygen atoms in total. The second-order valence-electron chi connectivity index (χ2n) is 5.51. The van der Waals surface area contributed by atoms with E-state index < -0.39 is 0 Å². The summed E-state index contributed by atoms with van der Waals surface area (Å²) in [6.07, 6.45) is 10.8. The van der Waals surface area contributed by atoms with Crippen molar-refractivity contribution in [3.05, 3.63) is 0 Å². The second kappa shape index (κ2) is 3.21. The highest BCUT2D eigenvalue weighted by Gasteiger charge is 2.48. The Labute approximate surface area is 86.2 Å². The molecule has 0 aromatic heterocycles. The van der Waals surface area contributed by atoms with Gasteiger partial charge < -0.3 is 10.5 Å². The standard InChI is InChI=1S/C12H21NO/c13-10-8-12(6-1-2-7-12)14-11-5-3-4-9(10)11/h9-11H,1-8,13H2. The van der Waals surface area contributed by atoms with Gasteiger partial charge in [0.15, 0.2) is 0 Å². The summed E-state index contributed by atoms with van der Waals surface area (Å²) < 4.78 is 6.35. The van der Waals surface area contributed by atoms with Crippen LogP contribution in [0.1, 0.15) is 51.4 Å². The first-order chi connectivity index (χ1) is 6.79. The van der Waals surface area contributed by atoms with Crippen LogP contribution in [0.25, 0.3) is 0 Å². The van der Waals surface area contributed by atoms with Crippen LogP contribution in [0.5, 0.6) is 0 Å². The Morgan fingerprint density at radius 1 is 1.07 bits per heavy atom. The van der Waals surface area contributed by atoms with Crippen molar-refractivity contribution in [2.75, 3.05) is 0 Å². The van der Waals surface area contributed by atoms with E-state index in [-0.39, 0.29) is 5.60 Å². The minimum atomic E-state index is 0.213. The predicted octanol–water partition coefficient (Wildman–Crippen LogP) is 2.22. The van der Waals surface area contributed by atoms with E-state index >= 15 is 0 Å². The molecule has 0 amide bonds. The fourth-order valence-electron chi connectivity index (χ4n) is 3.88. The Hall–Kier alpha value is -0.0800. The third-order valence-corrected chi connectivity index (χ3v) is 4.58. The Morgan fingerprint density at radius 3 is 2.64 bits per heavy atom. The minimum Gasteiger partial charge on any atom is -0.371 e. The molecule has 3 unspecified atom stereocenters. The van der Waals surface area contributed by atoms with Gasteiger partial charge in [0.25, 0.3) is 0 Å². The highest BCUT2D eigenvalue weighted by molar-refractivity contribution is 5.00. The largest absolute Gasteiger partial charge is 0.371 e. The number of rotatable bonds is 0. The third kappa shape index (κ3) is 1.31. The molecule has 3 fully saturated rings. The summed E-state index contributed by atoms with van der Waals surface area (Å²) in [7, 11) is 0. The van der Waals surface area contributed by atoms with Crippen LogP contribution >= 0.6 is 0 Å². The lowest BCUT2D eigenvalue weighted by Gasteiger charge is -2.44. The summed E-state index contributed by atoms with van der Waals surface area (Å²) in [5.74, 6) is 0.682. The maximum Gasteiger partial charge on any atom is 0.0701 e. The first-order valence-corrected chi connectivity index (χ1v) is 6.23. The minimum absolute atomic E-state index is 0.213. The number of nitrogens with two attached hydrogens (primary N) is 1. The molecular formula is C12H21NO.